The fourth-order valence-electron chi connectivity index (χ4n) is 6.46. The van der Waals surface area contributed by atoms with Gasteiger partial charge in [0.15, 0.2) is 5.78 Å². The molecule has 120 valence electrons. The molecule has 0 radical (unpaired) electrons. The third-order valence-electron chi connectivity index (χ3n) is 7.61. The van der Waals surface area contributed by atoms with Gasteiger partial charge in [-0.2, -0.15) is 0 Å². The molecule has 4 rings (SSSR count). The molecule has 6 atom stereocenters. The summed E-state index contributed by atoms with van der Waals surface area (Å²) >= 11 is 0. The fourth-order valence-corrected chi connectivity index (χ4v) is 6.46. The largest absolute Gasteiger partial charge is 0.393 e. The van der Waals surface area contributed by atoms with Gasteiger partial charge in [0.2, 0.25) is 0 Å². The fraction of sp³-hybridized carbons (Fsp3) is 0.789. The van der Waals surface area contributed by atoms with E-state index in [9.17, 15) is 14.7 Å². The van der Waals surface area contributed by atoms with E-state index < -0.39 is 6.10 Å². The van der Waals surface area contributed by atoms with E-state index in [1.807, 2.05) is 6.08 Å². The molecule has 22 heavy (non-hydrogen) atoms. The zero-order valence-electron chi connectivity index (χ0n) is 13.6. The Morgan fingerprint density at radius 2 is 1.86 bits per heavy atom. The second kappa shape index (κ2) is 4.53. The third kappa shape index (κ3) is 1.72. The van der Waals surface area contributed by atoms with E-state index in [1.54, 1.807) is 0 Å². The maximum atomic E-state index is 12.4. The van der Waals surface area contributed by atoms with Gasteiger partial charge in [-0.3, -0.25) is 9.59 Å². The van der Waals surface area contributed by atoms with Crippen LogP contribution >= 0.6 is 0 Å². The van der Waals surface area contributed by atoms with E-state index in [1.165, 1.54) is 5.57 Å². The van der Waals surface area contributed by atoms with Crippen molar-refractivity contribution in [1.82, 2.24) is 0 Å². The molecule has 0 aliphatic heterocycles. The molecule has 0 bridgehead atoms. The van der Waals surface area contributed by atoms with Crippen molar-refractivity contribution < 1.29 is 14.7 Å². The Kier molecular flexibility index (Phi) is 3.01. The molecule has 0 unspecified atom stereocenters. The first-order valence-corrected chi connectivity index (χ1v) is 8.81. The van der Waals surface area contributed by atoms with Crippen molar-refractivity contribution in [2.75, 3.05) is 0 Å². The molecular formula is C19H26O3. The van der Waals surface area contributed by atoms with Crippen LogP contribution in [0.5, 0.6) is 0 Å². The monoisotopic (exact) mass is 302 g/mol. The molecule has 4 aliphatic carbocycles. The van der Waals surface area contributed by atoms with Gasteiger partial charge in [0.25, 0.3) is 0 Å². The number of hydrogen-bond acceptors (Lipinski definition) is 3. The summed E-state index contributed by atoms with van der Waals surface area (Å²) < 4.78 is 0. The van der Waals surface area contributed by atoms with Crippen LogP contribution in [-0.4, -0.2) is 22.8 Å². The Hall–Kier alpha value is -0.960. The lowest BCUT2D eigenvalue weighted by molar-refractivity contribution is -0.147. The number of fused-ring (bicyclic) bond motifs is 5. The van der Waals surface area contributed by atoms with Gasteiger partial charge < -0.3 is 5.11 Å². The summed E-state index contributed by atoms with van der Waals surface area (Å²) in [7, 11) is 0. The van der Waals surface area contributed by atoms with Crippen molar-refractivity contribution in [1.29, 1.82) is 0 Å². The highest BCUT2D eigenvalue weighted by Crippen LogP contribution is 2.64. The molecule has 3 fully saturated rings. The maximum Gasteiger partial charge on any atom is 0.155 e. The quantitative estimate of drug-likeness (QED) is 0.748. The van der Waals surface area contributed by atoms with Crippen LogP contribution in [0, 0.1) is 28.6 Å². The molecular weight excluding hydrogens is 276 g/mol. The summed E-state index contributed by atoms with van der Waals surface area (Å²) in [6.07, 6.45) is 7.24. The van der Waals surface area contributed by atoms with Crippen molar-refractivity contribution in [2.24, 2.45) is 28.6 Å². The molecule has 0 spiro atoms. The lowest BCUT2D eigenvalue weighted by Crippen LogP contribution is -2.56. The topological polar surface area (TPSA) is 54.4 Å². The predicted molar refractivity (Wildman–Crippen MR) is 83.1 cm³/mol. The van der Waals surface area contributed by atoms with E-state index in [4.69, 9.17) is 0 Å². The van der Waals surface area contributed by atoms with Gasteiger partial charge in [0.1, 0.15) is 5.78 Å². The highest BCUT2D eigenvalue weighted by molar-refractivity contribution is 5.91. The van der Waals surface area contributed by atoms with E-state index in [2.05, 4.69) is 13.8 Å². The minimum Gasteiger partial charge on any atom is -0.393 e. The van der Waals surface area contributed by atoms with Gasteiger partial charge in [0, 0.05) is 18.3 Å². The second-order valence-electron chi connectivity index (χ2n) is 8.54. The first-order valence-electron chi connectivity index (χ1n) is 8.81. The predicted octanol–water partition coefficient (Wildman–Crippen LogP) is 3.06. The molecule has 0 heterocycles. The summed E-state index contributed by atoms with van der Waals surface area (Å²) in [6, 6.07) is 0. The van der Waals surface area contributed by atoms with Crippen LogP contribution in [0.15, 0.2) is 11.6 Å². The summed E-state index contributed by atoms with van der Waals surface area (Å²) in [4.78, 5) is 24.2. The van der Waals surface area contributed by atoms with Crippen molar-refractivity contribution in [3.8, 4) is 0 Å². The number of Topliss-reactive ketones (excluding diaryl/α,β-unsaturated/α-hetero) is 1. The van der Waals surface area contributed by atoms with Crippen molar-refractivity contribution >= 4 is 11.6 Å². The van der Waals surface area contributed by atoms with Gasteiger partial charge >= 0.3 is 0 Å². The zero-order chi connectivity index (χ0) is 15.7. The lowest BCUT2D eigenvalue weighted by Gasteiger charge is -2.58. The Morgan fingerprint density at radius 1 is 1.09 bits per heavy atom. The Bertz CT molecular complexity index is 577. The second-order valence-corrected chi connectivity index (χ2v) is 8.54. The van der Waals surface area contributed by atoms with Crippen LogP contribution < -0.4 is 0 Å². The molecule has 3 heteroatoms. The molecule has 0 saturated heterocycles. The van der Waals surface area contributed by atoms with Gasteiger partial charge in [-0.15, -0.1) is 0 Å². The van der Waals surface area contributed by atoms with Crippen LogP contribution in [0.25, 0.3) is 0 Å². The number of aliphatic hydroxyl groups is 1. The number of hydrogen-bond donors (Lipinski definition) is 1. The number of ketones is 2. The first-order chi connectivity index (χ1) is 10.4. The highest BCUT2D eigenvalue weighted by atomic mass is 16.3. The molecule has 4 aliphatic rings. The molecule has 0 aromatic heterocycles. The number of aliphatic hydroxyl groups excluding tert-OH is 1. The van der Waals surface area contributed by atoms with Crippen molar-refractivity contribution in [3.05, 3.63) is 11.6 Å². The van der Waals surface area contributed by atoms with Gasteiger partial charge in [0.05, 0.1) is 6.10 Å². The van der Waals surface area contributed by atoms with Crippen molar-refractivity contribution in [3.63, 3.8) is 0 Å². The lowest BCUT2D eigenvalue weighted by atomic mass is 9.46. The van der Waals surface area contributed by atoms with Gasteiger partial charge in [-0.05, 0) is 61.3 Å². The molecule has 3 nitrogen and oxygen atoms in total. The van der Waals surface area contributed by atoms with Crippen LogP contribution in [0.4, 0.5) is 0 Å². The Labute approximate surface area is 132 Å². The third-order valence-corrected chi connectivity index (χ3v) is 7.61. The number of allylic oxidation sites excluding steroid dienone is 1. The van der Waals surface area contributed by atoms with Gasteiger partial charge in [-0.1, -0.05) is 19.4 Å². The Balaban J connectivity index is 1.75. The first kappa shape index (κ1) is 14.6. The summed E-state index contributed by atoms with van der Waals surface area (Å²) in [5, 5.41) is 10.9. The van der Waals surface area contributed by atoms with E-state index in [0.29, 0.717) is 36.9 Å². The normalized spacial score (nSPS) is 51.0. The zero-order valence-corrected chi connectivity index (χ0v) is 13.6. The highest BCUT2D eigenvalue weighted by Gasteiger charge is 2.61. The SMILES string of the molecule is C[C@]12CCC(=O)C=C1CC[C@H]1[C@H]2[C@@H](O)C[C@]2(C)C(=O)CC[C@H]12. The van der Waals surface area contributed by atoms with Crippen LogP contribution in [0.2, 0.25) is 0 Å². The summed E-state index contributed by atoms with van der Waals surface area (Å²) in [5.74, 6) is 1.71. The van der Waals surface area contributed by atoms with Gasteiger partial charge in [-0.25, -0.2) is 0 Å². The van der Waals surface area contributed by atoms with Crippen LogP contribution in [0.3, 0.4) is 0 Å². The van der Waals surface area contributed by atoms with Crippen LogP contribution in [0.1, 0.15) is 58.8 Å². The molecule has 0 aromatic carbocycles. The minimum absolute atomic E-state index is 0.0385. The number of rotatable bonds is 0. The Morgan fingerprint density at radius 3 is 2.64 bits per heavy atom. The summed E-state index contributed by atoms with van der Waals surface area (Å²) in [6.45, 7) is 4.34. The van der Waals surface area contributed by atoms with E-state index in [-0.39, 0.29) is 22.5 Å². The number of carbonyl (C=O) groups excluding carboxylic acids is 2. The van der Waals surface area contributed by atoms with Crippen molar-refractivity contribution in [2.45, 2.75) is 64.9 Å². The molecule has 1 N–H and O–H groups in total. The standard InChI is InChI=1S/C19H26O3/c1-18-8-7-12(20)9-11(18)3-4-13-14-5-6-16(22)19(14,2)10-15(21)17(13)18/h9,13-15,17,21H,3-8,10H2,1-2H3/t13-,14-,15+,17+,18+,19+/m1/s1. The molecule has 3 saturated carbocycles. The molecule has 0 amide bonds. The minimum atomic E-state index is -0.407. The van der Waals surface area contributed by atoms with E-state index >= 15 is 0 Å². The smallest absolute Gasteiger partial charge is 0.155 e. The number of carbonyl (C=O) groups is 2. The molecule has 0 aromatic rings. The maximum absolute atomic E-state index is 12.4. The van der Waals surface area contributed by atoms with E-state index in [0.717, 1.165) is 25.7 Å². The van der Waals surface area contributed by atoms with Crippen LogP contribution in [-0.2, 0) is 9.59 Å². The summed E-state index contributed by atoms with van der Waals surface area (Å²) in [5.41, 5.74) is 0.920. The average molecular weight is 302 g/mol. The average Bonchev–Trinajstić information content (AvgIpc) is 2.75.